The van der Waals surface area contributed by atoms with Crippen LogP contribution >= 0.6 is 35.6 Å². The summed E-state index contributed by atoms with van der Waals surface area (Å²) in [5.41, 5.74) is 4.20. The van der Waals surface area contributed by atoms with Gasteiger partial charge in [-0.05, 0) is 53.6 Å². The number of halogens is 1. The first-order chi connectivity index (χ1) is 16.0. The Balaban J connectivity index is 1.51. The van der Waals surface area contributed by atoms with Crippen LogP contribution in [0.25, 0.3) is 17.0 Å². The van der Waals surface area contributed by atoms with Gasteiger partial charge in [0.05, 0.1) is 4.91 Å². The van der Waals surface area contributed by atoms with Crippen LogP contribution in [-0.4, -0.2) is 14.8 Å². The normalized spacial score (nSPS) is 14.8. The molecule has 0 saturated carbocycles. The van der Waals surface area contributed by atoms with Crippen LogP contribution in [0.15, 0.2) is 83.8 Å². The maximum absolute atomic E-state index is 12.3. The number of hydrogen-bond acceptors (Lipinski definition) is 4. The molecule has 1 saturated heterocycles. The second kappa shape index (κ2) is 9.43. The van der Waals surface area contributed by atoms with E-state index in [2.05, 4.69) is 22.0 Å². The van der Waals surface area contributed by atoms with Crippen LogP contribution in [0.2, 0.25) is 5.02 Å². The van der Waals surface area contributed by atoms with Gasteiger partial charge < -0.3 is 14.6 Å². The van der Waals surface area contributed by atoms with Crippen molar-refractivity contribution in [1.82, 2.24) is 9.88 Å². The molecule has 33 heavy (non-hydrogen) atoms. The quantitative estimate of drug-likeness (QED) is 0.250. The summed E-state index contributed by atoms with van der Waals surface area (Å²) in [6, 6.07) is 26.0. The van der Waals surface area contributed by atoms with E-state index in [0.717, 1.165) is 33.5 Å². The number of nitrogens with zero attached hydrogens (tertiary/aromatic N) is 1. The highest BCUT2D eigenvalue weighted by molar-refractivity contribution is 8.26. The van der Waals surface area contributed by atoms with Crippen molar-refractivity contribution in [3.63, 3.8) is 0 Å². The molecule has 0 aliphatic carbocycles. The van der Waals surface area contributed by atoms with Crippen LogP contribution in [0.5, 0.6) is 5.75 Å². The summed E-state index contributed by atoms with van der Waals surface area (Å²) in [5.74, 6) is 0.628. The number of aromatic nitrogens is 1. The van der Waals surface area contributed by atoms with Gasteiger partial charge in [0.1, 0.15) is 16.7 Å². The Kier molecular flexibility index (Phi) is 6.22. The average Bonchev–Trinajstić information content (AvgIpc) is 3.32. The third-order valence-corrected chi connectivity index (χ3v) is 6.74. The van der Waals surface area contributed by atoms with E-state index in [4.69, 9.17) is 28.6 Å². The minimum atomic E-state index is -0.166. The molecule has 0 spiro atoms. The van der Waals surface area contributed by atoms with Crippen molar-refractivity contribution in [3.05, 3.63) is 106 Å². The Morgan fingerprint density at radius 1 is 1.00 bits per heavy atom. The number of benzene rings is 3. The first-order valence-electron chi connectivity index (χ1n) is 10.3. The first kappa shape index (κ1) is 21.8. The summed E-state index contributed by atoms with van der Waals surface area (Å²) in [6.07, 6.45) is 1.89. The van der Waals surface area contributed by atoms with Crippen molar-refractivity contribution in [2.45, 2.75) is 13.2 Å². The highest BCUT2D eigenvalue weighted by atomic mass is 35.5. The summed E-state index contributed by atoms with van der Waals surface area (Å²) in [5, 5.41) is 4.42. The lowest BCUT2D eigenvalue weighted by Gasteiger charge is -2.11. The van der Waals surface area contributed by atoms with E-state index < -0.39 is 0 Å². The smallest absolute Gasteiger partial charge is 0.263 e. The Labute approximate surface area is 206 Å². The standard InChI is InChI=1S/C26H19ClN2O2S2/c27-20-8-6-17(7-9-20)15-29-21(14-24-25(30)28-26(32)33-24)12-19-13-22(10-11-23(19)29)31-16-18-4-2-1-3-5-18/h1-14H,15-16H2,(H,28,30,32)/b24-14-. The fourth-order valence-corrected chi connectivity index (χ4v) is 4.88. The molecule has 1 N–H and O–H groups in total. The van der Waals surface area contributed by atoms with Gasteiger partial charge >= 0.3 is 0 Å². The second-order valence-corrected chi connectivity index (χ2v) is 9.78. The molecule has 1 amide bonds. The minimum absolute atomic E-state index is 0.166. The number of rotatable bonds is 6. The molecular weight excluding hydrogens is 472 g/mol. The van der Waals surface area contributed by atoms with Gasteiger partial charge in [0, 0.05) is 28.2 Å². The van der Waals surface area contributed by atoms with Crippen LogP contribution in [0.4, 0.5) is 0 Å². The molecule has 3 aromatic carbocycles. The molecule has 0 bridgehead atoms. The highest BCUT2D eigenvalue weighted by Gasteiger charge is 2.23. The minimum Gasteiger partial charge on any atom is -0.489 e. The number of carbonyl (C=O) groups is 1. The van der Waals surface area contributed by atoms with Crippen LogP contribution in [0, 0.1) is 0 Å². The molecule has 0 radical (unpaired) electrons. The summed E-state index contributed by atoms with van der Waals surface area (Å²) < 4.78 is 8.68. The lowest BCUT2D eigenvalue weighted by molar-refractivity contribution is -0.115. The van der Waals surface area contributed by atoms with Crippen molar-refractivity contribution in [2.75, 3.05) is 0 Å². The van der Waals surface area contributed by atoms with E-state index >= 15 is 0 Å². The molecule has 0 atom stereocenters. The average molecular weight is 491 g/mol. The SMILES string of the molecule is O=C1NC(=S)S/C1=C\c1cc2cc(OCc3ccccc3)ccc2n1Cc1ccc(Cl)cc1. The van der Waals surface area contributed by atoms with E-state index in [-0.39, 0.29) is 5.91 Å². The van der Waals surface area contributed by atoms with Crippen molar-refractivity contribution in [3.8, 4) is 5.75 Å². The number of carbonyl (C=O) groups excluding carboxylic acids is 1. The zero-order chi connectivity index (χ0) is 22.8. The van der Waals surface area contributed by atoms with Crippen LogP contribution in [0.3, 0.4) is 0 Å². The van der Waals surface area contributed by atoms with Gasteiger partial charge in [-0.3, -0.25) is 4.79 Å². The van der Waals surface area contributed by atoms with Gasteiger partial charge in [0.25, 0.3) is 5.91 Å². The Morgan fingerprint density at radius 2 is 1.79 bits per heavy atom. The number of nitrogens with one attached hydrogen (secondary N) is 1. The van der Waals surface area contributed by atoms with Gasteiger partial charge in [0.15, 0.2) is 0 Å². The molecule has 2 heterocycles. The van der Waals surface area contributed by atoms with Gasteiger partial charge in [-0.2, -0.15) is 0 Å². The fraction of sp³-hybridized carbons (Fsp3) is 0.0769. The number of ether oxygens (including phenoxy) is 1. The predicted octanol–water partition coefficient (Wildman–Crippen LogP) is 6.41. The van der Waals surface area contributed by atoms with E-state index in [1.807, 2.05) is 72.8 Å². The molecule has 7 heteroatoms. The zero-order valence-electron chi connectivity index (χ0n) is 17.5. The molecule has 4 aromatic rings. The molecule has 164 valence electrons. The van der Waals surface area contributed by atoms with Crippen LogP contribution in [-0.2, 0) is 17.9 Å². The molecule has 0 unspecified atom stereocenters. The molecule has 1 aliphatic rings. The Morgan fingerprint density at radius 3 is 2.52 bits per heavy atom. The monoisotopic (exact) mass is 490 g/mol. The molecule has 1 aromatic heterocycles. The summed E-state index contributed by atoms with van der Waals surface area (Å²) >= 11 is 12.5. The lowest BCUT2D eigenvalue weighted by Crippen LogP contribution is -2.17. The molecule has 1 aliphatic heterocycles. The van der Waals surface area contributed by atoms with Gasteiger partial charge in [-0.25, -0.2) is 0 Å². The van der Waals surface area contributed by atoms with Crippen molar-refractivity contribution < 1.29 is 9.53 Å². The maximum Gasteiger partial charge on any atom is 0.263 e. The molecule has 5 rings (SSSR count). The summed E-state index contributed by atoms with van der Waals surface area (Å²) in [7, 11) is 0. The van der Waals surface area contributed by atoms with E-state index in [0.29, 0.717) is 27.4 Å². The van der Waals surface area contributed by atoms with Crippen LogP contribution < -0.4 is 10.1 Å². The zero-order valence-corrected chi connectivity index (χ0v) is 19.8. The topological polar surface area (TPSA) is 43.3 Å². The van der Waals surface area contributed by atoms with E-state index in [1.54, 1.807) is 0 Å². The summed E-state index contributed by atoms with van der Waals surface area (Å²) in [4.78, 5) is 12.8. The molecule has 4 nitrogen and oxygen atoms in total. The Hall–Kier alpha value is -3.06. The van der Waals surface area contributed by atoms with Gasteiger partial charge in [0.2, 0.25) is 0 Å². The third-order valence-electron chi connectivity index (χ3n) is 5.33. The number of thioether (sulfide) groups is 1. The van der Waals surface area contributed by atoms with E-state index in [9.17, 15) is 4.79 Å². The van der Waals surface area contributed by atoms with Crippen molar-refractivity contribution in [1.29, 1.82) is 0 Å². The molecular formula is C26H19ClN2O2S2. The number of thiocarbonyl (C=S) groups is 1. The van der Waals surface area contributed by atoms with Crippen LogP contribution in [0.1, 0.15) is 16.8 Å². The second-order valence-electron chi connectivity index (χ2n) is 7.63. The summed E-state index contributed by atoms with van der Waals surface area (Å²) in [6.45, 7) is 1.14. The van der Waals surface area contributed by atoms with Gasteiger partial charge in [-0.15, -0.1) is 0 Å². The number of hydrogen-bond donors (Lipinski definition) is 1. The Bertz CT molecular complexity index is 1380. The highest BCUT2D eigenvalue weighted by Crippen LogP contribution is 2.31. The number of fused-ring (bicyclic) bond motifs is 1. The first-order valence-corrected chi connectivity index (χ1v) is 11.9. The fourth-order valence-electron chi connectivity index (χ4n) is 3.72. The number of amides is 1. The van der Waals surface area contributed by atoms with Gasteiger partial charge in [-0.1, -0.05) is 78.0 Å². The lowest BCUT2D eigenvalue weighted by atomic mass is 10.2. The van der Waals surface area contributed by atoms with Crippen molar-refractivity contribution in [2.24, 2.45) is 0 Å². The third kappa shape index (κ3) is 4.98. The van der Waals surface area contributed by atoms with Crippen molar-refractivity contribution >= 4 is 62.8 Å². The van der Waals surface area contributed by atoms with E-state index in [1.165, 1.54) is 11.8 Å². The molecule has 1 fully saturated rings. The largest absolute Gasteiger partial charge is 0.489 e. The predicted molar refractivity (Wildman–Crippen MR) is 140 cm³/mol. The maximum atomic E-state index is 12.3.